The molecule has 0 amide bonds. The van der Waals surface area contributed by atoms with Crippen molar-refractivity contribution in [1.82, 2.24) is 0 Å². The van der Waals surface area contributed by atoms with Gasteiger partial charge >= 0.3 is 0 Å². The van der Waals surface area contributed by atoms with E-state index in [1.165, 1.54) is 10.4 Å². The molecule has 0 heterocycles. The summed E-state index contributed by atoms with van der Waals surface area (Å²) >= 11 is 0. The second-order valence-electron chi connectivity index (χ2n) is 10.2. The fourth-order valence-corrected chi connectivity index (χ4v) is 9.46. The number of rotatable bonds is 11. The summed E-state index contributed by atoms with van der Waals surface area (Å²) in [4.78, 5) is 11.8. The maximum Gasteiger partial charge on any atom is 0.261 e. The van der Waals surface area contributed by atoms with Crippen LogP contribution in [0.2, 0.25) is 5.04 Å². The zero-order chi connectivity index (χ0) is 24.6. The lowest BCUT2D eigenvalue weighted by molar-refractivity contribution is -0.118. The van der Waals surface area contributed by atoms with Crippen molar-refractivity contribution in [2.45, 2.75) is 52.4 Å². The van der Waals surface area contributed by atoms with Gasteiger partial charge in [0.2, 0.25) is 0 Å². The van der Waals surface area contributed by atoms with Gasteiger partial charge in [-0.1, -0.05) is 126 Å². The van der Waals surface area contributed by atoms with Crippen molar-refractivity contribution in [2.24, 2.45) is 11.8 Å². The van der Waals surface area contributed by atoms with Crippen LogP contribution in [0, 0.1) is 11.8 Å². The normalized spacial score (nSPS) is 14.9. The molecule has 180 valence electrons. The zero-order valence-electron chi connectivity index (χ0n) is 21.1. The molecule has 0 bridgehead atoms. The Bertz CT molecular complexity index is 960. The quantitative estimate of drug-likeness (QED) is 0.267. The highest BCUT2D eigenvalue weighted by Crippen LogP contribution is 2.37. The van der Waals surface area contributed by atoms with Gasteiger partial charge < -0.3 is 14.0 Å². The number of ether oxygens (including phenoxy) is 1. The van der Waals surface area contributed by atoms with Crippen LogP contribution < -0.4 is 10.4 Å². The van der Waals surface area contributed by atoms with Gasteiger partial charge in [0.15, 0.2) is 0 Å². The van der Waals surface area contributed by atoms with E-state index in [4.69, 9.17) is 9.16 Å². The summed E-state index contributed by atoms with van der Waals surface area (Å²) in [5.41, 5.74) is 1.10. The van der Waals surface area contributed by atoms with Gasteiger partial charge in [-0.05, 0) is 21.0 Å². The largest absolute Gasteiger partial charge is 0.407 e. The lowest BCUT2D eigenvalue weighted by Crippen LogP contribution is -2.67. The molecule has 34 heavy (non-hydrogen) atoms. The maximum atomic E-state index is 11.8. The summed E-state index contributed by atoms with van der Waals surface area (Å²) in [6.45, 7) is 11.9. The highest BCUT2D eigenvalue weighted by atomic mass is 28.4. The Hall–Kier alpha value is -2.53. The number of hydrogen-bond donors (Lipinski definition) is 0. The molecule has 0 fully saturated rings. The van der Waals surface area contributed by atoms with E-state index in [1.54, 1.807) is 0 Å². The van der Waals surface area contributed by atoms with E-state index in [-0.39, 0.29) is 23.0 Å². The van der Waals surface area contributed by atoms with Crippen LogP contribution in [0.4, 0.5) is 0 Å². The summed E-state index contributed by atoms with van der Waals surface area (Å²) in [6, 6.07) is 31.4. The maximum absolute atomic E-state index is 11.8. The van der Waals surface area contributed by atoms with Gasteiger partial charge in [0.05, 0.1) is 12.7 Å². The van der Waals surface area contributed by atoms with Crippen molar-refractivity contribution >= 4 is 25.0 Å². The second-order valence-corrected chi connectivity index (χ2v) is 14.5. The van der Waals surface area contributed by atoms with Gasteiger partial charge in [0.25, 0.3) is 8.32 Å². The number of carbonyl (C=O) groups is 1. The predicted octanol–water partition coefficient (Wildman–Crippen LogP) is 5.62. The molecule has 3 nitrogen and oxygen atoms in total. The third kappa shape index (κ3) is 5.93. The van der Waals surface area contributed by atoms with E-state index < -0.39 is 8.32 Å². The highest BCUT2D eigenvalue weighted by Gasteiger charge is 2.50. The SMILES string of the molecule is C[C@H](C=O)[C@H](OCc1ccccc1)[C@@H](C)CO[Si](c1ccccc1)(c1ccccc1)C(C)(C)C. The number of carbonyl (C=O) groups excluding carboxylic acids is 1. The number of aldehydes is 1. The molecule has 0 saturated heterocycles. The van der Waals surface area contributed by atoms with Crippen LogP contribution >= 0.6 is 0 Å². The summed E-state index contributed by atoms with van der Waals surface area (Å²) < 4.78 is 13.4. The minimum atomic E-state index is -2.63. The lowest BCUT2D eigenvalue weighted by Gasteiger charge is -2.44. The van der Waals surface area contributed by atoms with Crippen molar-refractivity contribution in [2.75, 3.05) is 6.61 Å². The molecule has 0 radical (unpaired) electrons. The van der Waals surface area contributed by atoms with Crippen molar-refractivity contribution in [3.63, 3.8) is 0 Å². The molecule has 0 spiro atoms. The van der Waals surface area contributed by atoms with E-state index in [1.807, 2.05) is 37.3 Å². The molecular formula is C30H38O3Si. The molecule has 3 aromatic carbocycles. The van der Waals surface area contributed by atoms with Gasteiger partial charge in [-0.25, -0.2) is 0 Å². The minimum Gasteiger partial charge on any atom is -0.407 e. The van der Waals surface area contributed by atoms with Gasteiger partial charge in [0.1, 0.15) is 6.29 Å². The van der Waals surface area contributed by atoms with E-state index >= 15 is 0 Å². The van der Waals surface area contributed by atoms with Crippen LogP contribution in [0.15, 0.2) is 91.0 Å². The topological polar surface area (TPSA) is 35.5 Å². The molecule has 0 saturated carbocycles. The molecule has 3 atom stereocenters. The second kappa shape index (κ2) is 11.7. The van der Waals surface area contributed by atoms with Crippen molar-refractivity contribution in [1.29, 1.82) is 0 Å². The average Bonchev–Trinajstić information content (AvgIpc) is 2.85. The Morgan fingerprint density at radius 3 is 1.71 bits per heavy atom. The first-order chi connectivity index (χ1) is 16.3. The van der Waals surface area contributed by atoms with E-state index in [0.717, 1.165) is 11.8 Å². The molecular weight excluding hydrogens is 436 g/mol. The van der Waals surface area contributed by atoms with Crippen LogP contribution in [-0.2, 0) is 20.6 Å². The van der Waals surface area contributed by atoms with Crippen LogP contribution in [0.5, 0.6) is 0 Å². The molecule has 4 heteroatoms. The summed E-state index contributed by atoms with van der Waals surface area (Å²) in [5.74, 6) is -0.174. The molecule has 0 N–H and O–H groups in total. The summed E-state index contributed by atoms with van der Waals surface area (Å²) in [6.07, 6.45) is 0.769. The van der Waals surface area contributed by atoms with Crippen LogP contribution in [0.1, 0.15) is 40.2 Å². The Morgan fingerprint density at radius 2 is 1.26 bits per heavy atom. The molecule has 0 unspecified atom stereocenters. The first-order valence-electron chi connectivity index (χ1n) is 12.2. The number of benzene rings is 3. The van der Waals surface area contributed by atoms with Crippen molar-refractivity contribution in [3.05, 3.63) is 96.6 Å². The first-order valence-corrected chi connectivity index (χ1v) is 14.1. The van der Waals surface area contributed by atoms with Crippen LogP contribution in [0.3, 0.4) is 0 Å². The van der Waals surface area contributed by atoms with Gasteiger partial charge in [-0.3, -0.25) is 0 Å². The Labute approximate surface area is 206 Å². The molecule has 0 aliphatic heterocycles. The van der Waals surface area contributed by atoms with E-state index in [2.05, 4.69) is 88.4 Å². The first kappa shape index (κ1) is 26.1. The lowest BCUT2D eigenvalue weighted by atomic mass is 9.95. The van der Waals surface area contributed by atoms with Gasteiger partial charge in [-0.2, -0.15) is 0 Å². The minimum absolute atomic E-state index is 0.0468. The summed E-state index contributed by atoms with van der Waals surface area (Å²) in [7, 11) is -2.63. The van der Waals surface area contributed by atoms with Gasteiger partial charge in [-0.15, -0.1) is 0 Å². The Kier molecular flexibility index (Phi) is 9.01. The number of hydrogen-bond acceptors (Lipinski definition) is 3. The monoisotopic (exact) mass is 474 g/mol. The van der Waals surface area contributed by atoms with Crippen molar-refractivity contribution in [3.8, 4) is 0 Å². The fourth-order valence-electron chi connectivity index (χ4n) is 4.79. The third-order valence-corrected chi connectivity index (χ3v) is 11.6. The van der Waals surface area contributed by atoms with E-state index in [9.17, 15) is 4.79 Å². The molecule has 0 aliphatic carbocycles. The molecule has 3 rings (SSSR count). The van der Waals surface area contributed by atoms with Crippen LogP contribution in [0.25, 0.3) is 0 Å². The van der Waals surface area contributed by atoms with E-state index in [0.29, 0.717) is 13.2 Å². The Morgan fingerprint density at radius 1 is 0.794 bits per heavy atom. The molecule has 3 aromatic rings. The van der Waals surface area contributed by atoms with Gasteiger partial charge in [0, 0.05) is 18.4 Å². The standard InChI is InChI=1S/C30H38O3Si/c1-24(21-31)29(32-23-26-15-9-6-10-16-26)25(2)22-33-34(30(3,4)5,27-17-11-7-12-18-27)28-19-13-8-14-20-28/h6-21,24-25,29H,22-23H2,1-5H3/t24-,25+,29+/m1/s1. The van der Waals surface area contributed by atoms with Crippen molar-refractivity contribution < 1.29 is 14.0 Å². The molecule has 0 aliphatic rings. The summed E-state index contributed by atoms with van der Waals surface area (Å²) in [5, 5.41) is 2.42. The predicted molar refractivity (Wildman–Crippen MR) is 143 cm³/mol. The smallest absolute Gasteiger partial charge is 0.261 e. The molecule has 0 aromatic heterocycles. The fraction of sp³-hybridized carbons (Fsp3) is 0.367. The zero-order valence-corrected chi connectivity index (χ0v) is 22.1. The Balaban J connectivity index is 1.90. The average molecular weight is 475 g/mol. The third-order valence-electron chi connectivity index (χ3n) is 6.56. The van der Waals surface area contributed by atoms with Crippen LogP contribution in [-0.4, -0.2) is 27.3 Å². The highest BCUT2D eigenvalue weighted by molar-refractivity contribution is 6.99.